The summed E-state index contributed by atoms with van der Waals surface area (Å²) in [6.45, 7) is 5.15. The number of piperidine rings is 1. The second-order valence-electron chi connectivity index (χ2n) is 4.11. The molecular formula is C10H21NO. The maximum atomic E-state index is 10.1. The van der Waals surface area contributed by atoms with Gasteiger partial charge in [0.15, 0.2) is 0 Å². The molecule has 2 unspecified atom stereocenters. The molecule has 1 saturated heterocycles. The molecule has 2 heteroatoms. The third-order valence-corrected chi connectivity index (χ3v) is 2.82. The molecule has 0 radical (unpaired) electrons. The van der Waals surface area contributed by atoms with E-state index in [2.05, 4.69) is 12.2 Å². The molecule has 0 aromatic rings. The fourth-order valence-corrected chi connectivity index (χ4v) is 2.06. The summed E-state index contributed by atoms with van der Waals surface area (Å²) in [6.07, 6.45) is 5.62. The fraction of sp³-hybridized carbons (Fsp3) is 1.00. The molecule has 0 aromatic carbocycles. The van der Waals surface area contributed by atoms with Gasteiger partial charge in [0.05, 0.1) is 5.60 Å². The van der Waals surface area contributed by atoms with Crippen LogP contribution in [0.1, 0.15) is 46.0 Å². The van der Waals surface area contributed by atoms with E-state index in [-0.39, 0.29) is 0 Å². The van der Waals surface area contributed by atoms with E-state index in [0.717, 1.165) is 25.8 Å². The highest BCUT2D eigenvalue weighted by Crippen LogP contribution is 2.23. The average Bonchev–Trinajstić information content (AvgIpc) is 2.06. The first-order valence-corrected chi connectivity index (χ1v) is 5.12. The number of hydrogen-bond donors (Lipinski definition) is 2. The van der Waals surface area contributed by atoms with Gasteiger partial charge >= 0.3 is 0 Å². The number of rotatable bonds is 3. The lowest BCUT2D eigenvalue weighted by Crippen LogP contribution is -2.50. The zero-order chi connectivity index (χ0) is 9.03. The summed E-state index contributed by atoms with van der Waals surface area (Å²) in [5.41, 5.74) is -0.491. The summed E-state index contributed by atoms with van der Waals surface area (Å²) < 4.78 is 0. The summed E-state index contributed by atoms with van der Waals surface area (Å²) in [5, 5.41) is 13.5. The largest absolute Gasteiger partial charge is 0.389 e. The average molecular weight is 171 g/mol. The van der Waals surface area contributed by atoms with Crippen molar-refractivity contribution < 1.29 is 5.11 Å². The quantitative estimate of drug-likeness (QED) is 0.677. The normalized spacial score (nSPS) is 29.8. The fourth-order valence-electron chi connectivity index (χ4n) is 2.06. The van der Waals surface area contributed by atoms with E-state index in [1.807, 2.05) is 6.92 Å². The molecule has 12 heavy (non-hydrogen) atoms. The topological polar surface area (TPSA) is 32.3 Å². The van der Waals surface area contributed by atoms with E-state index in [4.69, 9.17) is 0 Å². The Labute approximate surface area is 75.4 Å². The first-order chi connectivity index (χ1) is 5.67. The van der Waals surface area contributed by atoms with Crippen molar-refractivity contribution in [1.82, 2.24) is 5.32 Å². The van der Waals surface area contributed by atoms with Gasteiger partial charge in [-0.05, 0) is 32.7 Å². The van der Waals surface area contributed by atoms with Gasteiger partial charge in [0.1, 0.15) is 0 Å². The van der Waals surface area contributed by atoms with Crippen LogP contribution in [-0.4, -0.2) is 23.3 Å². The standard InChI is InChI=1S/C10H21NO/c1-3-7-10(2,12)9-6-4-5-8-11-9/h9,11-12H,3-8H2,1-2H3. The molecule has 0 amide bonds. The molecule has 0 spiro atoms. The lowest BCUT2D eigenvalue weighted by atomic mass is 9.86. The Hall–Kier alpha value is -0.0800. The van der Waals surface area contributed by atoms with E-state index in [1.54, 1.807) is 0 Å². The van der Waals surface area contributed by atoms with Gasteiger partial charge in [-0.1, -0.05) is 19.8 Å². The van der Waals surface area contributed by atoms with Gasteiger partial charge < -0.3 is 10.4 Å². The van der Waals surface area contributed by atoms with Gasteiger partial charge in [0, 0.05) is 6.04 Å². The SMILES string of the molecule is CCCC(C)(O)C1CCCCN1. The Morgan fingerprint density at radius 3 is 2.75 bits per heavy atom. The van der Waals surface area contributed by atoms with Crippen LogP contribution in [0.25, 0.3) is 0 Å². The lowest BCUT2D eigenvalue weighted by Gasteiger charge is -2.36. The number of hydrogen-bond acceptors (Lipinski definition) is 2. The minimum absolute atomic E-state index is 0.325. The van der Waals surface area contributed by atoms with Crippen molar-refractivity contribution in [1.29, 1.82) is 0 Å². The van der Waals surface area contributed by atoms with Crippen LogP contribution in [0.4, 0.5) is 0 Å². The smallest absolute Gasteiger partial charge is 0.0771 e. The van der Waals surface area contributed by atoms with E-state index in [9.17, 15) is 5.11 Å². The Morgan fingerprint density at radius 1 is 1.50 bits per heavy atom. The van der Waals surface area contributed by atoms with Crippen molar-refractivity contribution in [3.63, 3.8) is 0 Å². The van der Waals surface area contributed by atoms with Gasteiger partial charge in [-0.25, -0.2) is 0 Å². The first kappa shape index (κ1) is 10.0. The van der Waals surface area contributed by atoms with Gasteiger partial charge in [-0.3, -0.25) is 0 Å². The minimum Gasteiger partial charge on any atom is -0.389 e. The van der Waals surface area contributed by atoms with Crippen LogP contribution in [-0.2, 0) is 0 Å². The molecule has 0 aliphatic carbocycles. The van der Waals surface area contributed by atoms with Crippen LogP contribution in [0.15, 0.2) is 0 Å². The first-order valence-electron chi connectivity index (χ1n) is 5.12. The Bertz CT molecular complexity index is 128. The van der Waals surface area contributed by atoms with Crippen molar-refractivity contribution in [3.8, 4) is 0 Å². The van der Waals surface area contributed by atoms with E-state index < -0.39 is 5.60 Å². The van der Waals surface area contributed by atoms with Gasteiger partial charge in [-0.15, -0.1) is 0 Å². The molecule has 2 N–H and O–H groups in total. The summed E-state index contributed by atoms with van der Waals surface area (Å²) in [7, 11) is 0. The minimum atomic E-state index is -0.491. The second kappa shape index (κ2) is 4.24. The molecule has 0 aromatic heterocycles. The van der Waals surface area contributed by atoms with Crippen LogP contribution in [0.5, 0.6) is 0 Å². The maximum Gasteiger partial charge on any atom is 0.0771 e. The Morgan fingerprint density at radius 2 is 2.25 bits per heavy atom. The highest BCUT2D eigenvalue weighted by molar-refractivity contribution is 4.89. The monoisotopic (exact) mass is 171 g/mol. The van der Waals surface area contributed by atoms with Crippen molar-refractivity contribution in [2.24, 2.45) is 0 Å². The molecule has 1 fully saturated rings. The van der Waals surface area contributed by atoms with Crippen LogP contribution in [0, 0.1) is 0 Å². The third kappa shape index (κ3) is 2.46. The van der Waals surface area contributed by atoms with E-state index >= 15 is 0 Å². The Kier molecular flexibility index (Phi) is 3.53. The maximum absolute atomic E-state index is 10.1. The highest BCUT2D eigenvalue weighted by atomic mass is 16.3. The number of aliphatic hydroxyl groups is 1. The van der Waals surface area contributed by atoms with Gasteiger partial charge in [0.25, 0.3) is 0 Å². The summed E-state index contributed by atoms with van der Waals surface area (Å²) in [5.74, 6) is 0. The molecule has 2 nitrogen and oxygen atoms in total. The van der Waals surface area contributed by atoms with Crippen molar-refractivity contribution in [2.45, 2.75) is 57.6 Å². The zero-order valence-corrected chi connectivity index (χ0v) is 8.27. The number of nitrogens with one attached hydrogen (secondary N) is 1. The molecule has 0 saturated carbocycles. The van der Waals surface area contributed by atoms with Crippen molar-refractivity contribution >= 4 is 0 Å². The molecule has 1 heterocycles. The molecule has 72 valence electrons. The van der Waals surface area contributed by atoms with E-state index in [0.29, 0.717) is 6.04 Å². The summed E-state index contributed by atoms with van der Waals surface area (Å²) in [4.78, 5) is 0. The second-order valence-corrected chi connectivity index (χ2v) is 4.11. The Balaban J connectivity index is 2.41. The highest BCUT2D eigenvalue weighted by Gasteiger charge is 2.31. The van der Waals surface area contributed by atoms with E-state index in [1.165, 1.54) is 12.8 Å². The lowest BCUT2D eigenvalue weighted by molar-refractivity contribution is 0.00184. The van der Waals surface area contributed by atoms with Crippen LogP contribution in [0.2, 0.25) is 0 Å². The molecule has 1 aliphatic heterocycles. The molecule has 1 rings (SSSR count). The van der Waals surface area contributed by atoms with Gasteiger partial charge in [0.2, 0.25) is 0 Å². The van der Waals surface area contributed by atoms with Crippen LogP contribution >= 0.6 is 0 Å². The summed E-state index contributed by atoms with van der Waals surface area (Å²) >= 11 is 0. The molecular weight excluding hydrogens is 150 g/mol. The predicted octanol–water partition coefficient (Wildman–Crippen LogP) is 1.68. The molecule has 0 bridgehead atoms. The zero-order valence-electron chi connectivity index (χ0n) is 8.27. The van der Waals surface area contributed by atoms with Gasteiger partial charge in [-0.2, -0.15) is 0 Å². The summed E-state index contributed by atoms with van der Waals surface area (Å²) in [6, 6.07) is 0.325. The van der Waals surface area contributed by atoms with Crippen LogP contribution in [0.3, 0.4) is 0 Å². The van der Waals surface area contributed by atoms with Crippen LogP contribution < -0.4 is 5.32 Å². The van der Waals surface area contributed by atoms with Crippen molar-refractivity contribution in [2.75, 3.05) is 6.54 Å². The van der Waals surface area contributed by atoms with Crippen molar-refractivity contribution in [3.05, 3.63) is 0 Å². The molecule has 2 atom stereocenters. The predicted molar refractivity (Wildman–Crippen MR) is 51.2 cm³/mol. The third-order valence-electron chi connectivity index (χ3n) is 2.82. The molecule has 1 aliphatic rings.